The van der Waals surface area contributed by atoms with E-state index in [9.17, 15) is 0 Å². The van der Waals surface area contributed by atoms with E-state index in [0.29, 0.717) is 6.61 Å². The van der Waals surface area contributed by atoms with E-state index in [1.807, 2.05) is 30.2 Å². The van der Waals surface area contributed by atoms with E-state index in [1.165, 1.54) is 27.8 Å². The van der Waals surface area contributed by atoms with Gasteiger partial charge in [0.2, 0.25) is 0 Å². The first kappa shape index (κ1) is 18.0. The summed E-state index contributed by atoms with van der Waals surface area (Å²) >= 11 is 0. The molecule has 5 nitrogen and oxygen atoms in total. The van der Waals surface area contributed by atoms with Crippen LogP contribution in [-0.2, 0) is 13.6 Å². The van der Waals surface area contributed by atoms with Crippen LogP contribution >= 0.6 is 0 Å². The molecule has 6 rings (SSSR count). The standard InChI is InChI=1S/C26H22N4O/c1-29-17-28-23-15-19(6-8-25(23)29)18-7-9-26-20(14-18)16-30(12-13-31-26)24-10-11-27-22-5-3-2-4-21(22)24/h2-11,14-15,17H,12-13,16H2,1H3. The SMILES string of the molecule is Cn1cnc2cc(-c3ccc4c(c3)CN(c3ccnc5ccccc35)CCO4)ccc21. The van der Waals surface area contributed by atoms with Crippen LogP contribution in [0.4, 0.5) is 5.69 Å². The van der Waals surface area contributed by atoms with E-state index in [2.05, 4.69) is 75.5 Å². The normalized spacial score (nSPS) is 13.8. The number of pyridine rings is 1. The highest BCUT2D eigenvalue weighted by molar-refractivity contribution is 5.91. The van der Waals surface area contributed by atoms with Crippen molar-refractivity contribution >= 4 is 27.6 Å². The Kier molecular flexibility index (Phi) is 4.13. The third kappa shape index (κ3) is 3.10. The lowest BCUT2D eigenvalue weighted by molar-refractivity contribution is 0.332. The number of hydrogen-bond acceptors (Lipinski definition) is 4. The Morgan fingerprint density at radius 1 is 0.871 bits per heavy atom. The maximum atomic E-state index is 6.10. The number of nitrogens with zero attached hydrogens (tertiary/aromatic N) is 4. The molecule has 0 N–H and O–H groups in total. The minimum atomic E-state index is 0.656. The number of hydrogen-bond donors (Lipinski definition) is 0. The van der Waals surface area contributed by atoms with Gasteiger partial charge < -0.3 is 14.2 Å². The van der Waals surface area contributed by atoms with Crippen molar-refractivity contribution in [1.82, 2.24) is 14.5 Å². The van der Waals surface area contributed by atoms with Crippen molar-refractivity contribution in [2.24, 2.45) is 7.05 Å². The molecule has 0 saturated carbocycles. The number of rotatable bonds is 2. The average Bonchev–Trinajstić information content (AvgIpc) is 3.05. The fourth-order valence-corrected chi connectivity index (χ4v) is 4.45. The van der Waals surface area contributed by atoms with Gasteiger partial charge in [-0.1, -0.05) is 30.3 Å². The van der Waals surface area contributed by atoms with Gasteiger partial charge in [0, 0.05) is 36.4 Å². The Balaban J connectivity index is 1.40. The van der Waals surface area contributed by atoms with Gasteiger partial charge in [0.25, 0.3) is 0 Å². The van der Waals surface area contributed by atoms with Crippen LogP contribution in [0, 0.1) is 0 Å². The fourth-order valence-electron chi connectivity index (χ4n) is 4.45. The molecule has 0 spiro atoms. The molecule has 2 aromatic heterocycles. The van der Waals surface area contributed by atoms with Crippen LogP contribution in [0.15, 0.2) is 79.3 Å². The Hall–Kier alpha value is -3.86. The predicted octanol–water partition coefficient (Wildman–Crippen LogP) is 5.19. The largest absolute Gasteiger partial charge is 0.491 e. The van der Waals surface area contributed by atoms with Crippen molar-refractivity contribution in [3.8, 4) is 16.9 Å². The fraction of sp³-hybridized carbons (Fsp3) is 0.154. The predicted molar refractivity (Wildman–Crippen MR) is 124 cm³/mol. The zero-order valence-corrected chi connectivity index (χ0v) is 17.3. The third-order valence-electron chi connectivity index (χ3n) is 6.07. The number of ether oxygens (including phenoxy) is 1. The number of benzene rings is 3. The topological polar surface area (TPSA) is 43.2 Å². The van der Waals surface area contributed by atoms with Gasteiger partial charge in [-0.05, 0) is 47.5 Å². The van der Waals surface area contributed by atoms with Gasteiger partial charge in [-0.3, -0.25) is 4.98 Å². The Morgan fingerprint density at radius 2 is 1.74 bits per heavy atom. The molecule has 3 aromatic carbocycles. The molecule has 1 aliphatic heterocycles. The van der Waals surface area contributed by atoms with Crippen LogP contribution in [0.3, 0.4) is 0 Å². The highest BCUT2D eigenvalue weighted by Crippen LogP contribution is 2.33. The molecule has 0 aliphatic carbocycles. The van der Waals surface area contributed by atoms with E-state index in [0.717, 1.165) is 35.4 Å². The summed E-state index contributed by atoms with van der Waals surface area (Å²) < 4.78 is 8.15. The van der Waals surface area contributed by atoms with Gasteiger partial charge in [-0.25, -0.2) is 4.98 Å². The summed E-state index contributed by atoms with van der Waals surface area (Å²) in [5.41, 5.74) is 7.89. The first-order chi connectivity index (χ1) is 15.3. The average molecular weight is 406 g/mol. The molecule has 1 aliphatic rings. The highest BCUT2D eigenvalue weighted by Gasteiger charge is 2.18. The van der Waals surface area contributed by atoms with Crippen LogP contribution in [-0.4, -0.2) is 27.7 Å². The number of anilines is 1. The van der Waals surface area contributed by atoms with Gasteiger partial charge in [0.05, 0.1) is 29.4 Å². The van der Waals surface area contributed by atoms with Crippen molar-refractivity contribution in [3.05, 3.63) is 84.8 Å². The second-order valence-electron chi connectivity index (χ2n) is 8.00. The summed E-state index contributed by atoms with van der Waals surface area (Å²) in [5, 5.41) is 1.17. The summed E-state index contributed by atoms with van der Waals surface area (Å²) in [6, 6.07) is 23.4. The molecule has 31 heavy (non-hydrogen) atoms. The monoisotopic (exact) mass is 406 g/mol. The lowest BCUT2D eigenvalue weighted by Crippen LogP contribution is -2.25. The Morgan fingerprint density at radius 3 is 2.71 bits per heavy atom. The molecule has 152 valence electrons. The summed E-state index contributed by atoms with van der Waals surface area (Å²) in [6.07, 6.45) is 3.75. The minimum Gasteiger partial charge on any atom is -0.491 e. The Labute approximate surface area is 180 Å². The van der Waals surface area contributed by atoms with Gasteiger partial charge in [0.15, 0.2) is 0 Å². The zero-order valence-electron chi connectivity index (χ0n) is 17.3. The smallest absolute Gasteiger partial charge is 0.124 e. The molecule has 5 heteroatoms. The van der Waals surface area contributed by atoms with Crippen molar-refractivity contribution in [2.75, 3.05) is 18.1 Å². The third-order valence-corrected chi connectivity index (χ3v) is 6.07. The first-order valence-corrected chi connectivity index (χ1v) is 10.5. The molecule has 0 amide bonds. The van der Waals surface area contributed by atoms with Crippen molar-refractivity contribution < 1.29 is 4.74 Å². The second-order valence-corrected chi connectivity index (χ2v) is 8.00. The van der Waals surface area contributed by atoms with Crippen LogP contribution in [0.2, 0.25) is 0 Å². The Bertz CT molecular complexity index is 1420. The van der Waals surface area contributed by atoms with Crippen LogP contribution in [0.1, 0.15) is 5.56 Å². The van der Waals surface area contributed by atoms with Crippen LogP contribution < -0.4 is 9.64 Å². The molecule has 0 unspecified atom stereocenters. The second kappa shape index (κ2) is 7.13. The molecule has 0 fully saturated rings. The van der Waals surface area contributed by atoms with Crippen LogP contribution in [0.5, 0.6) is 5.75 Å². The summed E-state index contributed by atoms with van der Waals surface area (Å²) in [7, 11) is 2.02. The maximum absolute atomic E-state index is 6.10. The zero-order chi connectivity index (χ0) is 20.8. The number of aryl methyl sites for hydroxylation is 1. The summed E-state index contributed by atoms with van der Waals surface area (Å²) in [5.74, 6) is 0.962. The van der Waals surface area contributed by atoms with Gasteiger partial charge in [-0.2, -0.15) is 0 Å². The van der Waals surface area contributed by atoms with E-state index in [-0.39, 0.29) is 0 Å². The lowest BCUT2D eigenvalue weighted by Gasteiger charge is -2.23. The molecule has 0 atom stereocenters. The van der Waals surface area contributed by atoms with Crippen molar-refractivity contribution in [2.45, 2.75) is 6.54 Å². The molecular formula is C26H22N4O. The summed E-state index contributed by atoms with van der Waals surface area (Å²) in [6.45, 7) is 2.28. The number of aromatic nitrogens is 3. The van der Waals surface area contributed by atoms with Gasteiger partial charge in [0.1, 0.15) is 12.4 Å². The number of imidazole rings is 1. The number of fused-ring (bicyclic) bond motifs is 3. The molecule has 5 aromatic rings. The van der Waals surface area contributed by atoms with Gasteiger partial charge in [-0.15, -0.1) is 0 Å². The molecular weight excluding hydrogens is 384 g/mol. The number of para-hydroxylation sites is 1. The molecule has 3 heterocycles. The van der Waals surface area contributed by atoms with Crippen molar-refractivity contribution in [3.63, 3.8) is 0 Å². The maximum Gasteiger partial charge on any atom is 0.124 e. The lowest BCUT2D eigenvalue weighted by atomic mass is 10.0. The quantitative estimate of drug-likeness (QED) is 0.405. The molecule has 0 radical (unpaired) electrons. The molecule has 0 bridgehead atoms. The molecule has 0 saturated heterocycles. The van der Waals surface area contributed by atoms with E-state index in [1.54, 1.807) is 0 Å². The summed E-state index contributed by atoms with van der Waals surface area (Å²) in [4.78, 5) is 11.4. The first-order valence-electron chi connectivity index (χ1n) is 10.5. The van der Waals surface area contributed by atoms with E-state index >= 15 is 0 Å². The van der Waals surface area contributed by atoms with E-state index < -0.39 is 0 Å². The van der Waals surface area contributed by atoms with Crippen LogP contribution in [0.25, 0.3) is 33.1 Å². The van der Waals surface area contributed by atoms with E-state index in [4.69, 9.17) is 4.74 Å². The minimum absolute atomic E-state index is 0.656. The highest BCUT2D eigenvalue weighted by atomic mass is 16.5. The van der Waals surface area contributed by atoms with Gasteiger partial charge >= 0.3 is 0 Å². The van der Waals surface area contributed by atoms with Crippen molar-refractivity contribution in [1.29, 1.82) is 0 Å².